The lowest BCUT2D eigenvalue weighted by molar-refractivity contribution is -0.182. The molecule has 4 atom stereocenters. The zero-order valence-corrected chi connectivity index (χ0v) is 15.5. The van der Waals surface area contributed by atoms with E-state index in [9.17, 15) is 14.4 Å². The molecule has 0 amide bonds. The van der Waals surface area contributed by atoms with Crippen LogP contribution in [0.1, 0.15) is 39.2 Å². The average molecular weight is 346 g/mol. The number of rotatable bonds is 3. The van der Waals surface area contributed by atoms with Crippen LogP contribution in [0.4, 0.5) is 0 Å². The molecule has 3 saturated carbocycles. The molecule has 1 aromatic heterocycles. The van der Waals surface area contributed by atoms with Gasteiger partial charge in [0.2, 0.25) is 0 Å². The lowest BCUT2D eigenvalue weighted by Crippen LogP contribution is -2.57. The highest BCUT2D eigenvalue weighted by molar-refractivity contribution is 5.87. The number of esters is 1. The quantitative estimate of drug-likeness (QED) is 0.617. The van der Waals surface area contributed by atoms with Crippen molar-refractivity contribution in [2.45, 2.75) is 39.7 Å². The summed E-state index contributed by atoms with van der Waals surface area (Å²) in [6.45, 7) is 6.76. The topological polar surface area (TPSA) is 70.3 Å². The molecule has 4 unspecified atom stereocenters. The fourth-order valence-corrected chi connectivity index (χ4v) is 4.55. The van der Waals surface area contributed by atoms with Crippen LogP contribution < -0.4 is 11.2 Å². The Labute approximate surface area is 147 Å². The summed E-state index contributed by atoms with van der Waals surface area (Å²) in [5.74, 6) is 1.13. The highest BCUT2D eigenvalue weighted by Gasteiger charge is 2.57. The van der Waals surface area contributed by atoms with E-state index in [-0.39, 0.29) is 11.7 Å². The molecule has 0 N–H and O–H groups in total. The van der Waals surface area contributed by atoms with Gasteiger partial charge in [0.15, 0.2) is 0 Å². The second-order valence-electron chi connectivity index (χ2n) is 8.11. The van der Waals surface area contributed by atoms with Crippen molar-refractivity contribution in [1.29, 1.82) is 0 Å². The van der Waals surface area contributed by atoms with Gasteiger partial charge in [-0.05, 0) is 42.1 Å². The van der Waals surface area contributed by atoms with Crippen LogP contribution in [0, 0.1) is 23.2 Å². The first-order valence-corrected chi connectivity index (χ1v) is 8.78. The Bertz CT molecular complexity index is 846. The fourth-order valence-electron chi connectivity index (χ4n) is 4.55. The minimum Gasteiger partial charge on any atom is -0.459 e. The number of carbonyl (C=O) groups is 1. The third-order valence-corrected chi connectivity index (χ3v) is 6.42. The van der Waals surface area contributed by atoms with Gasteiger partial charge in [0.05, 0.1) is 5.56 Å². The second-order valence-corrected chi connectivity index (χ2v) is 8.11. The summed E-state index contributed by atoms with van der Waals surface area (Å²) in [7, 11) is 2.98. The van der Waals surface area contributed by atoms with Crippen LogP contribution in [0.25, 0.3) is 6.08 Å². The summed E-state index contributed by atoms with van der Waals surface area (Å²) in [6, 6.07) is 0. The number of ether oxygens (including phenoxy) is 1. The number of nitrogens with zero attached hydrogens (tertiary/aromatic N) is 2. The Hall–Kier alpha value is -2.11. The molecule has 0 saturated heterocycles. The van der Waals surface area contributed by atoms with Crippen LogP contribution in [0.3, 0.4) is 0 Å². The summed E-state index contributed by atoms with van der Waals surface area (Å²) < 4.78 is 7.97. The monoisotopic (exact) mass is 346 g/mol. The van der Waals surface area contributed by atoms with Crippen molar-refractivity contribution in [1.82, 2.24) is 9.13 Å². The first-order chi connectivity index (χ1) is 11.6. The molecule has 136 valence electrons. The van der Waals surface area contributed by atoms with Crippen LogP contribution in [0.15, 0.2) is 21.9 Å². The van der Waals surface area contributed by atoms with Gasteiger partial charge in [-0.15, -0.1) is 0 Å². The first-order valence-electron chi connectivity index (χ1n) is 8.78. The lowest BCUT2D eigenvalue weighted by Gasteiger charge is -2.61. The minimum absolute atomic E-state index is 0.0584. The SMILES string of the molecule is CC1C(OC(=O)C=Cc2cn(C)c(=O)n(C)c2=O)CC2CC1C2(C)C. The van der Waals surface area contributed by atoms with E-state index < -0.39 is 17.2 Å². The summed E-state index contributed by atoms with van der Waals surface area (Å²) in [5.41, 5.74) is -0.204. The van der Waals surface area contributed by atoms with Crippen LogP contribution >= 0.6 is 0 Å². The molecule has 0 spiro atoms. The van der Waals surface area contributed by atoms with Crippen LogP contribution in [0.5, 0.6) is 0 Å². The van der Waals surface area contributed by atoms with E-state index in [1.807, 2.05) is 0 Å². The number of fused-ring (bicyclic) bond motifs is 2. The number of aromatic nitrogens is 2. The van der Waals surface area contributed by atoms with Gasteiger partial charge in [-0.3, -0.25) is 9.36 Å². The molecule has 1 aromatic rings. The summed E-state index contributed by atoms with van der Waals surface area (Å²) in [4.78, 5) is 35.9. The molecule has 4 rings (SSSR count). The number of carbonyl (C=O) groups excluding carboxylic acids is 1. The largest absolute Gasteiger partial charge is 0.459 e. The van der Waals surface area contributed by atoms with Crippen molar-refractivity contribution >= 4 is 12.0 Å². The van der Waals surface area contributed by atoms with E-state index in [2.05, 4.69) is 20.8 Å². The normalized spacial score (nSPS) is 30.1. The smallest absolute Gasteiger partial charge is 0.331 e. The van der Waals surface area contributed by atoms with Gasteiger partial charge in [-0.2, -0.15) is 0 Å². The molecule has 0 aliphatic heterocycles. The van der Waals surface area contributed by atoms with Crippen molar-refractivity contribution in [2.75, 3.05) is 0 Å². The Kier molecular flexibility index (Phi) is 4.25. The third kappa shape index (κ3) is 2.87. The summed E-state index contributed by atoms with van der Waals surface area (Å²) in [6.07, 6.45) is 6.20. The van der Waals surface area contributed by atoms with Crippen molar-refractivity contribution < 1.29 is 9.53 Å². The molecule has 2 bridgehead atoms. The van der Waals surface area contributed by atoms with E-state index in [0.717, 1.165) is 11.0 Å². The van der Waals surface area contributed by atoms with Crippen molar-refractivity contribution in [2.24, 2.45) is 37.3 Å². The third-order valence-electron chi connectivity index (χ3n) is 6.42. The molecule has 3 aliphatic rings. The van der Waals surface area contributed by atoms with E-state index in [1.165, 1.54) is 36.4 Å². The fraction of sp³-hybridized carbons (Fsp3) is 0.632. The van der Waals surface area contributed by atoms with Gasteiger partial charge in [-0.25, -0.2) is 9.59 Å². The predicted octanol–water partition coefficient (Wildman–Crippen LogP) is 1.71. The number of hydrogen-bond donors (Lipinski definition) is 0. The zero-order valence-electron chi connectivity index (χ0n) is 15.5. The van der Waals surface area contributed by atoms with Crippen molar-refractivity contribution in [3.8, 4) is 0 Å². The Morgan fingerprint density at radius 3 is 2.56 bits per heavy atom. The molecule has 3 aliphatic carbocycles. The van der Waals surface area contributed by atoms with Crippen LogP contribution in [-0.2, 0) is 23.6 Å². The van der Waals surface area contributed by atoms with E-state index in [0.29, 0.717) is 23.2 Å². The molecule has 25 heavy (non-hydrogen) atoms. The second kappa shape index (κ2) is 6.00. The maximum absolute atomic E-state index is 12.2. The van der Waals surface area contributed by atoms with E-state index in [1.54, 1.807) is 7.05 Å². The molecule has 1 heterocycles. The summed E-state index contributed by atoms with van der Waals surface area (Å²) in [5, 5.41) is 0. The zero-order chi connectivity index (χ0) is 18.5. The number of aryl methyl sites for hydroxylation is 1. The Morgan fingerprint density at radius 2 is 1.96 bits per heavy atom. The van der Waals surface area contributed by atoms with Crippen molar-refractivity contribution in [3.05, 3.63) is 38.7 Å². The van der Waals surface area contributed by atoms with Gasteiger partial charge < -0.3 is 9.30 Å². The average Bonchev–Trinajstić information content (AvgIpc) is 2.56. The van der Waals surface area contributed by atoms with Crippen molar-refractivity contribution in [3.63, 3.8) is 0 Å². The Balaban J connectivity index is 1.69. The molecular formula is C19H26N2O4. The molecule has 6 heteroatoms. The molecule has 3 fully saturated rings. The van der Waals surface area contributed by atoms with E-state index in [4.69, 9.17) is 4.74 Å². The molecular weight excluding hydrogens is 320 g/mol. The highest BCUT2D eigenvalue weighted by Crippen LogP contribution is 2.61. The van der Waals surface area contributed by atoms with Gasteiger partial charge in [-0.1, -0.05) is 20.8 Å². The standard InChI is InChI=1S/C19H26N2O4/c1-11-14-8-13(19(14,2)3)9-15(11)25-16(22)7-6-12-10-20(4)18(24)21(5)17(12)23/h6-7,10-11,13-15H,8-9H2,1-5H3. The van der Waals surface area contributed by atoms with Crippen LogP contribution in [-0.4, -0.2) is 21.2 Å². The van der Waals surface area contributed by atoms with Gasteiger partial charge in [0.1, 0.15) is 6.10 Å². The van der Waals surface area contributed by atoms with Gasteiger partial charge in [0.25, 0.3) is 5.56 Å². The molecule has 0 radical (unpaired) electrons. The maximum atomic E-state index is 12.2. The minimum atomic E-state index is -0.438. The van der Waals surface area contributed by atoms with E-state index >= 15 is 0 Å². The van der Waals surface area contributed by atoms with Crippen LogP contribution in [0.2, 0.25) is 0 Å². The highest BCUT2D eigenvalue weighted by atomic mass is 16.5. The molecule has 6 nitrogen and oxygen atoms in total. The predicted molar refractivity (Wildman–Crippen MR) is 95.0 cm³/mol. The summed E-state index contributed by atoms with van der Waals surface area (Å²) >= 11 is 0. The number of hydrogen-bond acceptors (Lipinski definition) is 4. The lowest BCUT2D eigenvalue weighted by atomic mass is 9.45. The van der Waals surface area contributed by atoms with Gasteiger partial charge >= 0.3 is 11.7 Å². The van der Waals surface area contributed by atoms with Gasteiger partial charge in [0, 0.05) is 26.4 Å². The maximum Gasteiger partial charge on any atom is 0.331 e. The molecule has 0 aromatic carbocycles. The first kappa shape index (κ1) is 17.7. The Morgan fingerprint density at radius 1 is 1.28 bits per heavy atom.